The van der Waals surface area contributed by atoms with Crippen LogP contribution in [-0.2, 0) is 9.53 Å². The van der Waals surface area contributed by atoms with Gasteiger partial charge in [0.2, 0.25) is 5.91 Å². The summed E-state index contributed by atoms with van der Waals surface area (Å²) in [5.41, 5.74) is 0. The summed E-state index contributed by atoms with van der Waals surface area (Å²) in [6.07, 6.45) is 5.98. The van der Waals surface area contributed by atoms with Crippen molar-refractivity contribution in [1.82, 2.24) is 9.80 Å². The number of likely N-dealkylation sites (tertiary alicyclic amines) is 2. The zero-order chi connectivity index (χ0) is 13.0. The molecule has 2 unspecified atom stereocenters. The summed E-state index contributed by atoms with van der Waals surface area (Å²) >= 11 is 0. The van der Waals surface area contributed by atoms with E-state index in [0.717, 1.165) is 26.1 Å². The van der Waals surface area contributed by atoms with Gasteiger partial charge in [0.15, 0.2) is 0 Å². The van der Waals surface area contributed by atoms with E-state index in [4.69, 9.17) is 4.74 Å². The summed E-state index contributed by atoms with van der Waals surface area (Å²) in [5, 5.41) is 0. The third-order valence-electron chi connectivity index (χ3n) is 4.36. The second-order valence-electron chi connectivity index (χ2n) is 5.51. The number of methoxy groups -OCH3 is 1. The van der Waals surface area contributed by atoms with E-state index >= 15 is 0 Å². The molecule has 4 nitrogen and oxygen atoms in total. The summed E-state index contributed by atoms with van der Waals surface area (Å²) in [6, 6.07) is 1.06. The van der Waals surface area contributed by atoms with Crippen LogP contribution in [0.2, 0.25) is 0 Å². The normalized spacial score (nSPS) is 29.1. The largest absolute Gasteiger partial charge is 0.385 e. The smallest absolute Gasteiger partial charge is 0.219 e. The quantitative estimate of drug-likeness (QED) is 0.697. The van der Waals surface area contributed by atoms with Gasteiger partial charge in [-0.2, -0.15) is 0 Å². The molecule has 2 aliphatic rings. The molecule has 18 heavy (non-hydrogen) atoms. The van der Waals surface area contributed by atoms with E-state index in [2.05, 4.69) is 9.80 Å². The van der Waals surface area contributed by atoms with Crippen LogP contribution in [-0.4, -0.2) is 61.1 Å². The SMILES string of the molecule is COCCCN1CCCC1C1CCCN1C(C)=O. The molecule has 2 fully saturated rings. The van der Waals surface area contributed by atoms with E-state index in [9.17, 15) is 4.79 Å². The number of hydrogen-bond donors (Lipinski definition) is 0. The summed E-state index contributed by atoms with van der Waals surface area (Å²) in [4.78, 5) is 16.3. The summed E-state index contributed by atoms with van der Waals surface area (Å²) in [6.45, 7) is 5.81. The standard InChI is InChI=1S/C14H26N2O2/c1-12(17)16-10-4-7-14(16)13-6-3-8-15(13)9-5-11-18-2/h13-14H,3-11H2,1-2H3. The fraction of sp³-hybridized carbons (Fsp3) is 0.929. The van der Waals surface area contributed by atoms with E-state index in [0.29, 0.717) is 12.1 Å². The van der Waals surface area contributed by atoms with Gasteiger partial charge in [-0.25, -0.2) is 0 Å². The van der Waals surface area contributed by atoms with Gasteiger partial charge in [-0.1, -0.05) is 0 Å². The Balaban J connectivity index is 1.91. The second kappa shape index (κ2) is 6.53. The maximum absolute atomic E-state index is 11.7. The summed E-state index contributed by atoms with van der Waals surface area (Å²) in [5.74, 6) is 0.251. The zero-order valence-corrected chi connectivity index (χ0v) is 11.7. The number of hydrogen-bond acceptors (Lipinski definition) is 3. The molecule has 104 valence electrons. The Bertz CT molecular complexity index is 283. The van der Waals surface area contributed by atoms with Gasteiger partial charge in [0, 0.05) is 45.8 Å². The molecule has 0 aromatic rings. The number of carbonyl (C=O) groups is 1. The van der Waals surface area contributed by atoms with Crippen molar-refractivity contribution in [1.29, 1.82) is 0 Å². The molecule has 0 bridgehead atoms. The zero-order valence-electron chi connectivity index (χ0n) is 11.7. The molecule has 2 rings (SSSR count). The van der Waals surface area contributed by atoms with Crippen LogP contribution in [0.25, 0.3) is 0 Å². The first-order valence-corrected chi connectivity index (χ1v) is 7.24. The van der Waals surface area contributed by atoms with E-state index in [1.165, 1.54) is 32.2 Å². The van der Waals surface area contributed by atoms with Crippen LogP contribution in [0, 0.1) is 0 Å². The molecule has 0 aromatic carbocycles. The van der Waals surface area contributed by atoms with Gasteiger partial charge in [0.1, 0.15) is 0 Å². The summed E-state index contributed by atoms with van der Waals surface area (Å²) < 4.78 is 5.13. The second-order valence-corrected chi connectivity index (χ2v) is 5.51. The van der Waals surface area contributed by atoms with Crippen molar-refractivity contribution in [3.63, 3.8) is 0 Å². The molecular formula is C14H26N2O2. The maximum atomic E-state index is 11.7. The summed E-state index contributed by atoms with van der Waals surface area (Å²) in [7, 11) is 1.76. The molecule has 0 spiro atoms. The van der Waals surface area contributed by atoms with Crippen LogP contribution < -0.4 is 0 Å². The van der Waals surface area contributed by atoms with Gasteiger partial charge in [0.25, 0.3) is 0 Å². The minimum Gasteiger partial charge on any atom is -0.385 e. The fourth-order valence-corrected chi connectivity index (χ4v) is 3.56. The van der Waals surface area contributed by atoms with Crippen LogP contribution in [0.3, 0.4) is 0 Å². The van der Waals surface area contributed by atoms with Crippen molar-refractivity contribution >= 4 is 5.91 Å². The van der Waals surface area contributed by atoms with Crippen LogP contribution in [0.4, 0.5) is 0 Å². The number of nitrogens with zero attached hydrogens (tertiary/aromatic N) is 2. The topological polar surface area (TPSA) is 32.8 Å². The van der Waals surface area contributed by atoms with Crippen LogP contribution in [0.15, 0.2) is 0 Å². The molecule has 0 aromatic heterocycles. The average Bonchev–Trinajstić information content (AvgIpc) is 2.96. The number of amides is 1. The first-order valence-electron chi connectivity index (χ1n) is 7.24. The molecule has 2 saturated heterocycles. The Labute approximate surface area is 110 Å². The monoisotopic (exact) mass is 254 g/mol. The van der Waals surface area contributed by atoms with Crippen molar-refractivity contribution in [2.75, 3.05) is 33.4 Å². The lowest BCUT2D eigenvalue weighted by atomic mass is 10.0. The van der Waals surface area contributed by atoms with Gasteiger partial charge in [-0.15, -0.1) is 0 Å². The van der Waals surface area contributed by atoms with Gasteiger partial charge >= 0.3 is 0 Å². The molecular weight excluding hydrogens is 228 g/mol. The van der Waals surface area contributed by atoms with Crippen molar-refractivity contribution < 1.29 is 9.53 Å². The van der Waals surface area contributed by atoms with Crippen molar-refractivity contribution in [2.45, 2.75) is 51.1 Å². The van der Waals surface area contributed by atoms with Crippen LogP contribution in [0.1, 0.15) is 39.0 Å². The van der Waals surface area contributed by atoms with Crippen molar-refractivity contribution in [3.05, 3.63) is 0 Å². The fourth-order valence-electron chi connectivity index (χ4n) is 3.56. The van der Waals surface area contributed by atoms with Crippen molar-refractivity contribution in [3.8, 4) is 0 Å². The highest BCUT2D eigenvalue weighted by Crippen LogP contribution is 2.30. The van der Waals surface area contributed by atoms with Gasteiger partial charge in [0.05, 0.1) is 0 Å². The molecule has 1 amide bonds. The highest BCUT2D eigenvalue weighted by Gasteiger charge is 2.38. The molecule has 2 aliphatic heterocycles. The molecule has 2 heterocycles. The Hall–Kier alpha value is -0.610. The predicted molar refractivity (Wildman–Crippen MR) is 71.5 cm³/mol. The Kier molecular flexibility index (Phi) is 5.01. The molecule has 0 N–H and O–H groups in total. The Morgan fingerprint density at radius 2 is 1.94 bits per heavy atom. The highest BCUT2D eigenvalue weighted by molar-refractivity contribution is 5.74. The average molecular weight is 254 g/mol. The lowest BCUT2D eigenvalue weighted by Gasteiger charge is -2.34. The maximum Gasteiger partial charge on any atom is 0.219 e. The van der Waals surface area contributed by atoms with Gasteiger partial charge < -0.3 is 9.64 Å². The minimum atomic E-state index is 0.251. The van der Waals surface area contributed by atoms with Gasteiger partial charge in [-0.3, -0.25) is 9.69 Å². The van der Waals surface area contributed by atoms with E-state index in [1.54, 1.807) is 14.0 Å². The lowest BCUT2D eigenvalue weighted by Crippen LogP contribution is -2.48. The molecule has 0 saturated carbocycles. The number of rotatable bonds is 5. The molecule has 2 atom stereocenters. The third kappa shape index (κ3) is 3.04. The number of ether oxygens (including phenoxy) is 1. The van der Waals surface area contributed by atoms with Crippen LogP contribution >= 0.6 is 0 Å². The molecule has 0 aliphatic carbocycles. The first-order chi connectivity index (χ1) is 8.74. The first kappa shape index (κ1) is 13.8. The van der Waals surface area contributed by atoms with E-state index in [-0.39, 0.29) is 5.91 Å². The third-order valence-corrected chi connectivity index (χ3v) is 4.36. The minimum absolute atomic E-state index is 0.251. The molecule has 4 heteroatoms. The Morgan fingerprint density at radius 3 is 2.67 bits per heavy atom. The number of carbonyl (C=O) groups excluding carboxylic acids is 1. The molecule has 0 radical (unpaired) electrons. The predicted octanol–water partition coefficient (Wildman–Crippen LogP) is 1.50. The van der Waals surface area contributed by atoms with E-state index < -0.39 is 0 Å². The lowest BCUT2D eigenvalue weighted by molar-refractivity contribution is -0.130. The van der Waals surface area contributed by atoms with Crippen molar-refractivity contribution in [2.24, 2.45) is 0 Å². The highest BCUT2D eigenvalue weighted by atomic mass is 16.5. The van der Waals surface area contributed by atoms with Gasteiger partial charge in [-0.05, 0) is 38.6 Å². The van der Waals surface area contributed by atoms with E-state index in [1.807, 2.05) is 0 Å². The Morgan fingerprint density at radius 1 is 1.22 bits per heavy atom. The van der Waals surface area contributed by atoms with Crippen LogP contribution in [0.5, 0.6) is 0 Å².